The first kappa shape index (κ1) is 48.4. The van der Waals surface area contributed by atoms with Gasteiger partial charge >= 0.3 is 23.9 Å². The maximum absolute atomic E-state index is 13.2. The third-order valence-corrected chi connectivity index (χ3v) is 24.8. The van der Waals surface area contributed by atoms with Crippen molar-refractivity contribution in [1.82, 2.24) is 0 Å². The van der Waals surface area contributed by atoms with Crippen molar-refractivity contribution < 1.29 is 47.6 Å². The molecule has 10 heteroatoms. The number of hydrogen-bond donors (Lipinski definition) is 0. The fraction of sp³-hybridized carbons (Fsp3) is 0.934. The van der Waals surface area contributed by atoms with Crippen LogP contribution in [-0.2, 0) is 47.6 Å². The van der Waals surface area contributed by atoms with Crippen LogP contribution < -0.4 is 0 Å². The van der Waals surface area contributed by atoms with Gasteiger partial charge in [0, 0.05) is 0 Å². The van der Waals surface area contributed by atoms with Gasteiger partial charge in [0.05, 0.1) is 36.4 Å². The van der Waals surface area contributed by atoms with E-state index in [0.717, 1.165) is 106 Å². The van der Waals surface area contributed by atoms with Crippen LogP contribution in [-0.4, -0.2) is 62.9 Å². The summed E-state index contributed by atoms with van der Waals surface area (Å²) in [6.07, 6.45) is 27.2. The summed E-state index contributed by atoms with van der Waals surface area (Å²) < 4.78 is 35.8. The van der Waals surface area contributed by atoms with E-state index < -0.39 is 5.41 Å². The summed E-state index contributed by atoms with van der Waals surface area (Å²) in [7, 11) is 0. The van der Waals surface area contributed by atoms with Crippen molar-refractivity contribution >= 4 is 23.9 Å². The van der Waals surface area contributed by atoms with E-state index in [2.05, 4.69) is 6.92 Å². The number of hydrogen-bond acceptors (Lipinski definition) is 10. The number of ether oxygens (including phenoxy) is 6. The molecule has 0 saturated heterocycles. The van der Waals surface area contributed by atoms with Crippen molar-refractivity contribution in [2.24, 2.45) is 141 Å². The van der Waals surface area contributed by atoms with E-state index in [0.29, 0.717) is 70.0 Å². The van der Waals surface area contributed by atoms with E-state index in [9.17, 15) is 19.2 Å². The van der Waals surface area contributed by atoms with Gasteiger partial charge in [-0.15, -0.1) is 0 Å². The van der Waals surface area contributed by atoms with E-state index in [-0.39, 0.29) is 67.4 Å². The second-order valence-corrected chi connectivity index (χ2v) is 29.3. The van der Waals surface area contributed by atoms with Gasteiger partial charge in [0.25, 0.3) is 0 Å². The van der Waals surface area contributed by atoms with Gasteiger partial charge in [-0.05, 0) is 272 Å². The monoisotopic (exact) mass is 983 g/mol. The lowest BCUT2D eigenvalue weighted by molar-refractivity contribution is -0.175. The van der Waals surface area contributed by atoms with Gasteiger partial charge in [0.2, 0.25) is 0 Å². The summed E-state index contributed by atoms with van der Waals surface area (Å²) in [6, 6.07) is 0. The molecule has 16 saturated carbocycles. The molecule has 16 aliphatic rings. The molecule has 0 spiro atoms. The summed E-state index contributed by atoms with van der Waals surface area (Å²) in [6.45, 7) is 11.8. The first-order valence-electron chi connectivity index (χ1n) is 30.1. The Labute approximate surface area is 425 Å². The minimum atomic E-state index is -0.418. The Morgan fingerprint density at radius 2 is 0.873 bits per heavy atom. The van der Waals surface area contributed by atoms with Gasteiger partial charge in [-0.25, -0.2) is 0 Å². The van der Waals surface area contributed by atoms with Crippen LogP contribution in [0.15, 0.2) is 0 Å². The van der Waals surface area contributed by atoms with Crippen LogP contribution in [0.4, 0.5) is 0 Å². The number of fused-ring (bicyclic) bond motifs is 18. The molecule has 394 valence electrons. The predicted molar refractivity (Wildman–Crippen MR) is 264 cm³/mol. The maximum Gasteiger partial charge on any atom is 0.311 e. The Morgan fingerprint density at radius 3 is 1.27 bits per heavy atom. The van der Waals surface area contributed by atoms with Gasteiger partial charge in [-0.1, -0.05) is 20.8 Å². The smallest absolute Gasteiger partial charge is 0.311 e. The highest BCUT2D eigenvalue weighted by atomic mass is 16.7. The largest absolute Gasteiger partial charge is 0.462 e. The van der Waals surface area contributed by atoms with E-state index in [4.69, 9.17) is 28.4 Å². The molecular formula is C61H90O10. The SMILES string of the molecule is CCC(C)(C)C(=O)OC1CC2CC1C1C3CC(CC3C(=O)OCOCC34CC5CC(CC(C5)C3)C4)C21.CCC(C)C(=O)OC1CC2CC1C1C3CC(CC3C(=O)OCOCC34CC5CC(CC(C5)C3)C4)C21. The molecule has 17 atom stereocenters. The Bertz CT molecular complexity index is 1990. The zero-order valence-electron chi connectivity index (χ0n) is 44.2. The molecule has 0 aromatic rings. The third kappa shape index (κ3) is 8.41. The molecule has 0 aliphatic heterocycles. The number of esters is 4. The molecule has 16 aliphatic carbocycles. The molecule has 0 heterocycles. The molecule has 0 amide bonds. The van der Waals surface area contributed by atoms with Crippen LogP contribution in [0.1, 0.15) is 176 Å². The van der Waals surface area contributed by atoms with Gasteiger partial charge in [0.1, 0.15) is 12.2 Å². The predicted octanol–water partition coefficient (Wildman–Crippen LogP) is 11.6. The maximum atomic E-state index is 13.2. The minimum Gasteiger partial charge on any atom is -0.462 e. The Kier molecular flexibility index (Phi) is 12.4. The summed E-state index contributed by atoms with van der Waals surface area (Å²) in [5, 5.41) is 0. The molecule has 16 fully saturated rings. The van der Waals surface area contributed by atoms with Crippen molar-refractivity contribution in [3.63, 3.8) is 0 Å². The van der Waals surface area contributed by atoms with Gasteiger partial charge in [-0.2, -0.15) is 0 Å². The van der Waals surface area contributed by atoms with E-state index >= 15 is 0 Å². The molecule has 17 unspecified atom stereocenters. The fourth-order valence-corrected chi connectivity index (χ4v) is 22.6. The zero-order valence-corrected chi connectivity index (χ0v) is 44.2. The molecule has 0 N–H and O–H groups in total. The van der Waals surface area contributed by atoms with Crippen molar-refractivity contribution in [3.8, 4) is 0 Å². The molecule has 10 nitrogen and oxygen atoms in total. The normalized spacial score (nSPS) is 50.2. The molecule has 0 radical (unpaired) electrons. The Morgan fingerprint density at radius 1 is 0.493 bits per heavy atom. The highest BCUT2D eigenvalue weighted by Crippen LogP contribution is 2.71. The van der Waals surface area contributed by atoms with Crippen molar-refractivity contribution in [2.75, 3.05) is 26.8 Å². The van der Waals surface area contributed by atoms with Crippen LogP contribution in [0.2, 0.25) is 0 Å². The Balaban J connectivity index is 0.000000139. The van der Waals surface area contributed by atoms with Gasteiger partial charge in [-0.3, -0.25) is 19.2 Å². The quantitative estimate of drug-likeness (QED) is 0.0485. The molecule has 0 aromatic carbocycles. The highest BCUT2D eigenvalue weighted by molar-refractivity contribution is 5.76. The zero-order chi connectivity index (χ0) is 48.7. The van der Waals surface area contributed by atoms with Crippen molar-refractivity contribution in [1.29, 1.82) is 0 Å². The molecular weight excluding hydrogens is 893 g/mol. The average Bonchev–Trinajstić information content (AvgIpc) is 4.21. The van der Waals surface area contributed by atoms with Gasteiger partial charge < -0.3 is 28.4 Å². The van der Waals surface area contributed by atoms with Crippen LogP contribution in [0.5, 0.6) is 0 Å². The van der Waals surface area contributed by atoms with Crippen LogP contribution >= 0.6 is 0 Å². The van der Waals surface area contributed by atoms with E-state index in [1.54, 1.807) is 0 Å². The Hall–Kier alpha value is -2.20. The number of carbonyl (C=O) groups is 4. The summed E-state index contributed by atoms with van der Waals surface area (Å²) in [5.74, 6) is 12.4. The average molecular weight is 983 g/mol. The van der Waals surface area contributed by atoms with E-state index in [1.165, 1.54) is 96.3 Å². The van der Waals surface area contributed by atoms with Gasteiger partial charge in [0.15, 0.2) is 13.6 Å². The lowest BCUT2D eigenvalue weighted by atomic mass is 9.50. The number of rotatable bonds is 16. The standard InChI is InChI=1S/C31H46O5.C30H44O5/c1-4-30(2,3)29(33)36-25-11-21-10-24(25)27-22-8-20(26(21)27)9-23(22)28(32)35-16-34-15-31-12-17-5-18(13-31)7-19(6-17)14-31;1-3-16(2)28(31)35-25-10-21-9-24(25)27-22-7-20(26(21)27)8-23(22)29(32)34-15-33-14-30-11-17-4-18(12-30)6-19(5-17)13-30/h17-27H,4-16H2,1-3H3;16-27H,3-15H2,1-2H3. The summed E-state index contributed by atoms with van der Waals surface area (Å²) in [5.41, 5.74) is 0.312. The molecule has 0 aromatic heterocycles. The van der Waals surface area contributed by atoms with E-state index in [1.807, 2.05) is 27.7 Å². The summed E-state index contributed by atoms with van der Waals surface area (Å²) in [4.78, 5) is 51.6. The minimum absolute atomic E-state index is 0.0159. The topological polar surface area (TPSA) is 124 Å². The third-order valence-electron chi connectivity index (χ3n) is 24.8. The molecule has 16 rings (SSSR count). The number of carbonyl (C=O) groups excluding carboxylic acids is 4. The van der Waals surface area contributed by atoms with Crippen LogP contribution in [0.3, 0.4) is 0 Å². The van der Waals surface area contributed by atoms with Crippen molar-refractivity contribution in [2.45, 2.75) is 188 Å². The fourth-order valence-electron chi connectivity index (χ4n) is 22.6. The second-order valence-electron chi connectivity index (χ2n) is 29.3. The first-order valence-corrected chi connectivity index (χ1v) is 30.1. The summed E-state index contributed by atoms with van der Waals surface area (Å²) >= 11 is 0. The lowest BCUT2D eigenvalue weighted by Gasteiger charge is -2.56. The second kappa shape index (κ2) is 18.2. The van der Waals surface area contributed by atoms with Crippen LogP contribution in [0, 0.1) is 141 Å². The highest BCUT2D eigenvalue weighted by Gasteiger charge is 2.68. The molecule has 16 bridgehead atoms. The first-order chi connectivity index (χ1) is 34.2. The van der Waals surface area contributed by atoms with Crippen molar-refractivity contribution in [3.05, 3.63) is 0 Å². The lowest BCUT2D eigenvalue weighted by Crippen LogP contribution is -2.48. The molecule has 71 heavy (non-hydrogen) atoms. The van der Waals surface area contributed by atoms with Crippen LogP contribution in [0.25, 0.3) is 0 Å².